The molecule has 1 heterocycles. The summed E-state index contributed by atoms with van der Waals surface area (Å²) in [6.07, 6.45) is 0.318. The molecule has 0 radical (unpaired) electrons. The van der Waals surface area contributed by atoms with Crippen molar-refractivity contribution in [2.75, 3.05) is 25.2 Å². The van der Waals surface area contributed by atoms with Crippen LogP contribution in [0.3, 0.4) is 0 Å². The lowest BCUT2D eigenvalue weighted by atomic mass is 10.1. The van der Waals surface area contributed by atoms with Gasteiger partial charge in [0.25, 0.3) is 0 Å². The summed E-state index contributed by atoms with van der Waals surface area (Å²) in [7, 11) is 1.59. The molecule has 2 N–H and O–H groups in total. The van der Waals surface area contributed by atoms with Gasteiger partial charge < -0.3 is 20.3 Å². The van der Waals surface area contributed by atoms with Crippen molar-refractivity contribution in [1.82, 2.24) is 10.6 Å². The van der Waals surface area contributed by atoms with Gasteiger partial charge in [0, 0.05) is 25.8 Å². The second kappa shape index (κ2) is 7.46. The highest BCUT2D eigenvalue weighted by Crippen LogP contribution is 2.24. The fraction of sp³-hybridized carbons (Fsp3) is 0.529. The van der Waals surface area contributed by atoms with Gasteiger partial charge in [-0.3, -0.25) is 4.79 Å². The Morgan fingerprint density at radius 3 is 2.78 bits per heavy atom. The van der Waals surface area contributed by atoms with Crippen molar-refractivity contribution in [3.8, 4) is 0 Å². The lowest BCUT2D eigenvalue weighted by Gasteiger charge is -2.19. The zero-order valence-corrected chi connectivity index (χ0v) is 14.2. The topological polar surface area (TPSA) is 70.7 Å². The van der Waals surface area contributed by atoms with Gasteiger partial charge in [-0.2, -0.15) is 0 Å². The van der Waals surface area contributed by atoms with Gasteiger partial charge in [-0.15, -0.1) is 0 Å². The normalized spacial score (nSPS) is 18.9. The van der Waals surface area contributed by atoms with Crippen molar-refractivity contribution < 1.29 is 14.3 Å². The maximum Gasteiger partial charge on any atom is 0.315 e. The maximum absolute atomic E-state index is 12.2. The number of nitrogens with one attached hydrogen (secondary N) is 2. The number of benzene rings is 1. The van der Waals surface area contributed by atoms with Gasteiger partial charge in [0.15, 0.2) is 0 Å². The Morgan fingerprint density at radius 1 is 1.39 bits per heavy atom. The molecule has 0 spiro atoms. The summed E-state index contributed by atoms with van der Waals surface area (Å²) in [5.41, 5.74) is 3.23. The van der Waals surface area contributed by atoms with Crippen LogP contribution in [0, 0.1) is 13.8 Å². The molecule has 1 aliphatic rings. The summed E-state index contributed by atoms with van der Waals surface area (Å²) in [6, 6.07) is 5.44. The minimum Gasteiger partial charge on any atom is -0.383 e. The standard InChI is InChI=1S/C17H25N3O3/c1-11-5-6-15(7-12(11)2)20-9-14(8-16(20)21)19-17(22)18-13(3)10-23-4/h5-7,13-14H,8-10H2,1-4H3,(H2,18,19,22). The lowest BCUT2D eigenvalue weighted by Crippen LogP contribution is -2.47. The second-order valence-electron chi connectivity index (χ2n) is 6.15. The van der Waals surface area contributed by atoms with E-state index in [4.69, 9.17) is 4.74 Å². The third-order valence-electron chi connectivity index (χ3n) is 4.06. The number of hydrogen-bond donors (Lipinski definition) is 2. The van der Waals surface area contributed by atoms with E-state index in [1.807, 2.05) is 39.0 Å². The first-order valence-electron chi connectivity index (χ1n) is 7.84. The highest BCUT2D eigenvalue weighted by atomic mass is 16.5. The Morgan fingerprint density at radius 2 is 2.13 bits per heavy atom. The first-order valence-corrected chi connectivity index (χ1v) is 7.84. The molecule has 1 saturated heterocycles. The molecule has 23 heavy (non-hydrogen) atoms. The van der Waals surface area contributed by atoms with Crippen LogP contribution in [-0.4, -0.2) is 44.3 Å². The van der Waals surface area contributed by atoms with Crippen molar-refractivity contribution in [3.05, 3.63) is 29.3 Å². The number of methoxy groups -OCH3 is 1. The number of carbonyl (C=O) groups excluding carboxylic acids is 2. The van der Waals surface area contributed by atoms with E-state index in [0.717, 1.165) is 11.3 Å². The molecule has 1 aliphatic heterocycles. The Kier molecular flexibility index (Phi) is 5.60. The van der Waals surface area contributed by atoms with Crippen LogP contribution in [0.1, 0.15) is 24.5 Å². The van der Waals surface area contributed by atoms with Crippen molar-refractivity contribution in [2.24, 2.45) is 0 Å². The van der Waals surface area contributed by atoms with Crippen LogP contribution < -0.4 is 15.5 Å². The summed E-state index contributed by atoms with van der Waals surface area (Å²) < 4.78 is 4.98. The maximum atomic E-state index is 12.2. The second-order valence-corrected chi connectivity index (χ2v) is 6.15. The average molecular weight is 319 g/mol. The van der Waals surface area contributed by atoms with E-state index in [0.29, 0.717) is 19.6 Å². The van der Waals surface area contributed by atoms with Crippen LogP contribution in [0.25, 0.3) is 0 Å². The van der Waals surface area contributed by atoms with E-state index < -0.39 is 0 Å². The van der Waals surface area contributed by atoms with E-state index in [2.05, 4.69) is 10.6 Å². The van der Waals surface area contributed by atoms with Gasteiger partial charge in [0.1, 0.15) is 0 Å². The van der Waals surface area contributed by atoms with Gasteiger partial charge in [-0.05, 0) is 44.0 Å². The van der Waals surface area contributed by atoms with E-state index >= 15 is 0 Å². The Bertz CT molecular complexity index is 588. The fourth-order valence-corrected chi connectivity index (χ4v) is 2.69. The number of amides is 3. The number of hydrogen-bond acceptors (Lipinski definition) is 3. The molecule has 0 saturated carbocycles. The summed E-state index contributed by atoms with van der Waals surface area (Å²) in [5, 5.41) is 5.65. The quantitative estimate of drug-likeness (QED) is 0.868. The summed E-state index contributed by atoms with van der Waals surface area (Å²) in [4.78, 5) is 25.9. The largest absolute Gasteiger partial charge is 0.383 e. The van der Waals surface area contributed by atoms with Crippen LogP contribution in [0.2, 0.25) is 0 Å². The third kappa shape index (κ3) is 4.45. The van der Waals surface area contributed by atoms with E-state index in [1.165, 1.54) is 5.56 Å². The molecule has 2 unspecified atom stereocenters. The van der Waals surface area contributed by atoms with Gasteiger partial charge in [0.05, 0.1) is 18.7 Å². The predicted molar refractivity (Wildman–Crippen MR) is 89.7 cm³/mol. The summed E-state index contributed by atoms with van der Waals surface area (Å²) in [6.45, 7) is 6.88. The van der Waals surface area contributed by atoms with Crippen molar-refractivity contribution in [3.63, 3.8) is 0 Å². The summed E-state index contributed by atoms with van der Waals surface area (Å²) >= 11 is 0. The zero-order chi connectivity index (χ0) is 17.0. The Hall–Kier alpha value is -2.08. The SMILES string of the molecule is COCC(C)NC(=O)NC1CC(=O)N(c2ccc(C)c(C)c2)C1. The Balaban J connectivity index is 1.94. The number of ether oxygens (including phenoxy) is 1. The van der Waals surface area contributed by atoms with Gasteiger partial charge in [-0.25, -0.2) is 4.79 Å². The molecule has 1 aromatic rings. The van der Waals surface area contributed by atoms with E-state index in [1.54, 1.807) is 12.0 Å². The smallest absolute Gasteiger partial charge is 0.315 e. The molecule has 6 heteroatoms. The first kappa shape index (κ1) is 17.3. The van der Waals surface area contributed by atoms with Gasteiger partial charge >= 0.3 is 6.03 Å². The van der Waals surface area contributed by atoms with Crippen molar-refractivity contribution in [1.29, 1.82) is 0 Å². The van der Waals surface area contributed by atoms with Crippen LogP contribution >= 0.6 is 0 Å². The predicted octanol–water partition coefficient (Wildman–Crippen LogP) is 1.74. The monoisotopic (exact) mass is 319 g/mol. The minimum atomic E-state index is -0.269. The molecule has 3 amide bonds. The van der Waals surface area contributed by atoms with Crippen LogP contribution in [0.4, 0.5) is 10.5 Å². The van der Waals surface area contributed by atoms with Crippen molar-refractivity contribution in [2.45, 2.75) is 39.3 Å². The molecule has 2 atom stereocenters. The molecule has 1 fully saturated rings. The number of rotatable bonds is 5. The lowest BCUT2D eigenvalue weighted by molar-refractivity contribution is -0.117. The number of urea groups is 1. The molecular weight excluding hydrogens is 294 g/mol. The highest BCUT2D eigenvalue weighted by Gasteiger charge is 2.31. The Labute approximate surface area is 137 Å². The van der Waals surface area contributed by atoms with Gasteiger partial charge in [-0.1, -0.05) is 6.07 Å². The highest BCUT2D eigenvalue weighted by molar-refractivity contribution is 5.96. The molecule has 2 rings (SSSR count). The van der Waals surface area contributed by atoms with Crippen LogP contribution in [0.15, 0.2) is 18.2 Å². The van der Waals surface area contributed by atoms with Gasteiger partial charge in [0.2, 0.25) is 5.91 Å². The number of anilines is 1. The number of carbonyl (C=O) groups is 2. The van der Waals surface area contributed by atoms with Crippen LogP contribution in [0.5, 0.6) is 0 Å². The molecule has 0 aromatic heterocycles. The third-order valence-corrected chi connectivity index (χ3v) is 4.06. The number of nitrogens with zero attached hydrogens (tertiary/aromatic N) is 1. The molecule has 6 nitrogen and oxygen atoms in total. The molecule has 0 bridgehead atoms. The average Bonchev–Trinajstić information content (AvgIpc) is 2.82. The van der Waals surface area contributed by atoms with Crippen molar-refractivity contribution >= 4 is 17.6 Å². The molecule has 1 aromatic carbocycles. The first-order chi connectivity index (χ1) is 10.9. The number of aryl methyl sites for hydroxylation is 2. The van der Waals surface area contributed by atoms with E-state index in [9.17, 15) is 9.59 Å². The molecule has 126 valence electrons. The molecule has 0 aliphatic carbocycles. The zero-order valence-electron chi connectivity index (χ0n) is 14.2. The summed E-state index contributed by atoms with van der Waals surface area (Å²) in [5.74, 6) is 0.0310. The van der Waals surface area contributed by atoms with E-state index in [-0.39, 0.29) is 24.0 Å². The fourth-order valence-electron chi connectivity index (χ4n) is 2.69. The molecular formula is C17H25N3O3. The van der Waals surface area contributed by atoms with Crippen LogP contribution in [-0.2, 0) is 9.53 Å². The minimum absolute atomic E-state index is 0.0310.